The van der Waals surface area contributed by atoms with E-state index in [9.17, 15) is 20.1 Å². The van der Waals surface area contributed by atoms with E-state index in [1.54, 1.807) is 0 Å². The first kappa shape index (κ1) is 11.5. The predicted octanol–water partition coefficient (Wildman–Crippen LogP) is -2.40. The van der Waals surface area contributed by atoms with E-state index in [0.29, 0.717) is 0 Å². The molecule has 1 saturated heterocycles. The van der Waals surface area contributed by atoms with Crippen molar-refractivity contribution in [2.24, 2.45) is 0 Å². The van der Waals surface area contributed by atoms with Crippen molar-refractivity contribution < 1.29 is 24.9 Å². The third kappa shape index (κ3) is 1.94. The SMILES string of the molecule is CN[C@@H]1[C@H](O)[C@@H](C(C)=O)OC(O)[C@@H]1O. The van der Waals surface area contributed by atoms with Gasteiger partial charge in [0.2, 0.25) is 0 Å². The average molecular weight is 205 g/mol. The zero-order chi connectivity index (χ0) is 10.9. The third-order valence-electron chi connectivity index (χ3n) is 2.36. The summed E-state index contributed by atoms with van der Waals surface area (Å²) in [7, 11) is 1.52. The molecule has 1 unspecified atom stereocenters. The van der Waals surface area contributed by atoms with Crippen molar-refractivity contribution in [3.05, 3.63) is 0 Å². The first-order chi connectivity index (χ1) is 6.49. The van der Waals surface area contributed by atoms with Crippen LogP contribution in [-0.2, 0) is 9.53 Å². The van der Waals surface area contributed by atoms with Gasteiger partial charge in [0.1, 0.15) is 18.3 Å². The summed E-state index contributed by atoms with van der Waals surface area (Å²) in [6, 6.07) is -0.771. The second-order valence-corrected chi connectivity index (χ2v) is 3.35. The number of carbonyl (C=O) groups is 1. The van der Waals surface area contributed by atoms with Crippen molar-refractivity contribution in [2.45, 2.75) is 37.6 Å². The van der Waals surface area contributed by atoms with Gasteiger partial charge in [-0.3, -0.25) is 4.79 Å². The van der Waals surface area contributed by atoms with Crippen LogP contribution >= 0.6 is 0 Å². The molecule has 0 aromatic heterocycles. The summed E-state index contributed by atoms with van der Waals surface area (Å²) in [5.74, 6) is -0.385. The smallest absolute Gasteiger partial charge is 0.183 e. The molecular formula is C8H15NO5. The van der Waals surface area contributed by atoms with Gasteiger partial charge in [-0.05, 0) is 14.0 Å². The Bertz CT molecular complexity index is 222. The Morgan fingerprint density at radius 2 is 1.86 bits per heavy atom. The highest BCUT2D eigenvalue weighted by Gasteiger charge is 2.44. The average Bonchev–Trinajstić information content (AvgIpc) is 2.12. The van der Waals surface area contributed by atoms with Crippen LogP contribution in [0.25, 0.3) is 0 Å². The van der Waals surface area contributed by atoms with Gasteiger partial charge in [0.15, 0.2) is 12.1 Å². The highest BCUT2D eigenvalue weighted by atomic mass is 16.6. The second-order valence-electron chi connectivity index (χ2n) is 3.35. The number of hydrogen-bond donors (Lipinski definition) is 4. The molecule has 0 amide bonds. The Morgan fingerprint density at radius 3 is 2.29 bits per heavy atom. The van der Waals surface area contributed by atoms with Gasteiger partial charge in [-0.15, -0.1) is 0 Å². The van der Waals surface area contributed by atoms with Crippen molar-refractivity contribution in [1.29, 1.82) is 0 Å². The lowest BCUT2D eigenvalue weighted by atomic mass is 9.94. The summed E-state index contributed by atoms with van der Waals surface area (Å²) in [6.07, 6.45) is -4.95. The Morgan fingerprint density at radius 1 is 1.29 bits per heavy atom. The fraction of sp³-hybridized carbons (Fsp3) is 0.875. The molecule has 1 heterocycles. The van der Waals surface area contributed by atoms with Crippen molar-refractivity contribution in [1.82, 2.24) is 5.32 Å². The van der Waals surface area contributed by atoms with Gasteiger partial charge >= 0.3 is 0 Å². The van der Waals surface area contributed by atoms with Gasteiger partial charge in [0.25, 0.3) is 0 Å². The van der Waals surface area contributed by atoms with Gasteiger partial charge in [-0.1, -0.05) is 0 Å². The van der Waals surface area contributed by atoms with Crippen molar-refractivity contribution >= 4 is 5.78 Å². The molecular weight excluding hydrogens is 190 g/mol. The topological polar surface area (TPSA) is 99.0 Å². The number of likely N-dealkylation sites (N-methyl/N-ethyl adjacent to an activating group) is 1. The summed E-state index contributed by atoms with van der Waals surface area (Å²) >= 11 is 0. The number of aliphatic hydroxyl groups excluding tert-OH is 3. The fourth-order valence-corrected chi connectivity index (χ4v) is 1.56. The molecule has 5 atom stereocenters. The van der Waals surface area contributed by atoms with Crippen LogP contribution in [-0.4, -0.2) is 58.8 Å². The van der Waals surface area contributed by atoms with Crippen LogP contribution in [0.4, 0.5) is 0 Å². The first-order valence-corrected chi connectivity index (χ1v) is 4.36. The third-order valence-corrected chi connectivity index (χ3v) is 2.36. The minimum atomic E-state index is -1.45. The van der Waals surface area contributed by atoms with Crippen LogP contribution in [0.1, 0.15) is 6.92 Å². The molecule has 14 heavy (non-hydrogen) atoms. The molecule has 0 radical (unpaired) electrons. The largest absolute Gasteiger partial charge is 0.388 e. The summed E-state index contributed by atoms with van der Waals surface area (Å²) in [4.78, 5) is 11.0. The standard InChI is InChI=1S/C8H15NO5/c1-3(10)7-5(11)4(9-2)6(12)8(13)14-7/h4-9,11-13H,1-2H3/t4-,5+,6-,7-,8?/m1/s1. The Labute approximate surface area is 81.5 Å². The molecule has 82 valence electrons. The van der Waals surface area contributed by atoms with Gasteiger partial charge in [0, 0.05) is 0 Å². The van der Waals surface area contributed by atoms with Gasteiger partial charge in [0.05, 0.1) is 6.04 Å². The van der Waals surface area contributed by atoms with E-state index in [0.717, 1.165) is 0 Å². The molecule has 6 nitrogen and oxygen atoms in total. The molecule has 0 aliphatic carbocycles. The number of carbonyl (C=O) groups excluding carboxylic acids is 1. The normalized spacial score (nSPS) is 43.6. The maximum atomic E-state index is 11.0. The lowest BCUT2D eigenvalue weighted by Crippen LogP contribution is -2.63. The number of nitrogens with one attached hydrogen (secondary N) is 1. The van der Waals surface area contributed by atoms with Gasteiger partial charge in [-0.2, -0.15) is 0 Å². The molecule has 0 aromatic rings. The Balaban J connectivity index is 2.80. The highest BCUT2D eigenvalue weighted by molar-refractivity contribution is 5.81. The first-order valence-electron chi connectivity index (χ1n) is 4.36. The molecule has 4 N–H and O–H groups in total. The molecule has 0 aromatic carbocycles. The monoisotopic (exact) mass is 205 g/mol. The molecule has 1 aliphatic heterocycles. The fourth-order valence-electron chi connectivity index (χ4n) is 1.56. The van der Waals surface area contributed by atoms with Crippen LogP contribution < -0.4 is 5.32 Å². The zero-order valence-electron chi connectivity index (χ0n) is 8.04. The van der Waals surface area contributed by atoms with Crippen molar-refractivity contribution in [3.8, 4) is 0 Å². The van der Waals surface area contributed by atoms with Crippen LogP contribution in [0.15, 0.2) is 0 Å². The van der Waals surface area contributed by atoms with E-state index in [-0.39, 0.29) is 5.78 Å². The predicted molar refractivity (Wildman–Crippen MR) is 46.4 cm³/mol. The number of ketones is 1. The zero-order valence-corrected chi connectivity index (χ0v) is 8.04. The molecule has 6 heteroatoms. The van der Waals surface area contributed by atoms with Gasteiger partial charge < -0.3 is 25.4 Å². The number of Topliss-reactive ketones (excluding diaryl/α,β-unsaturated/α-hetero) is 1. The van der Waals surface area contributed by atoms with Crippen molar-refractivity contribution in [2.75, 3.05) is 7.05 Å². The van der Waals surface area contributed by atoms with E-state index in [1.165, 1.54) is 14.0 Å². The van der Waals surface area contributed by atoms with Crippen LogP contribution in [0, 0.1) is 0 Å². The molecule has 1 aliphatic rings. The Hall–Kier alpha value is -0.530. The number of aliphatic hydroxyl groups is 3. The maximum Gasteiger partial charge on any atom is 0.183 e. The minimum Gasteiger partial charge on any atom is -0.388 e. The molecule has 1 fully saturated rings. The highest BCUT2D eigenvalue weighted by Crippen LogP contribution is 2.20. The lowest BCUT2D eigenvalue weighted by Gasteiger charge is -2.39. The minimum absolute atomic E-state index is 0.385. The van der Waals surface area contributed by atoms with Gasteiger partial charge in [-0.25, -0.2) is 0 Å². The lowest BCUT2D eigenvalue weighted by molar-refractivity contribution is -0.249. The summed E-state index contributed by atoms with van der Waals surface area (Å²) in [6.45, 7) is 1.25. The summed E-state index contributed by atoms with van der Waals surface area (Å²) in [5.41, 5.74) is 0. The second kappa shape index (κ2) is 4.33. The van der Waals surface area contributed by atoms with E-state index < -0.39 is 30.6 Å². The Kier molecular flexibility index (Phi) is 3.57. The number of ether oxygens (including phenoxy) is 1. The molecule has 1 rings (SSSR count). The number of rotatable bonds is 2. The quantitative estimate of drug-likeness (QED) is 0.401. The van der Waals surface area contributed by atoms with E-state index in [2.05, 4.69) is 5.32 Å². The summed E-state index contributed by atoms with van der Waals surface area (Å²) < 4.78 is 4.77. The van der Waals surface area contributed by atoms with Crippen LogP contribution in [0.5, 0.6) is 0 Å². The van der Waals surface area contributed by atoms with Crippen LogP contribution in [0.2, 0.25) is 0 Å². The van der Waals surface area contributed by atoms with E-state index in [1.807, 2.05) is 0 Å². The molecule has 0 spiro atoms. The molecule has 0 bridgehead atoms. The number of hydrogen-bond acceptors (Lipinski definition) is 6. The van der Waals surface area contributed by atoms with E-state index in [4.69, 9.17) is 4.74 Å². The van der Waals surface area contributed by atoms with E-state index >= 15 is 0 Å². The maximum absolute atomic E-state index is 11.0. The van der Waals surface area contributed by atoms with Crippen molar-refractivity contribution in [3.63, 3.8) is 0 Å². The molecule has 0 saturated carbocycles. The van der Waals surface area contributed by atoms with Crippen LogP contribution in [0.3, 0.4) is 0 Å². The summed E-state index contributed by atoms with van der Waals surface area (Å²) in [5, 5.41) is 30.9.